The molecule has 1 amide bonds. The Bertz CT molecular complexity index is 644. The number of nitrogens with one attached hydrogen (secondary N) is 1. The van der Waals surface area contributed by atoms with Crippen molar-refractivity contribution in [3.05, 3.63) is 24.0 Å². The van der Waals surface area contributed by atoms with Crippen molar-refractivity contribution in [2.75, 3.05) is 26.6 Å². The van der Waals surface area contributed by atoms with Gasteiger partial charge in [-0.2, -0.15) is 0 Å². The monoisotopic (exact) mass is 306 g/mol. The molecule has 0 aliphatic carbocycles. The van der Waals surface area contributed by atoms with Gasteiger partial charge in [0.05, 0.1) is 27.8 Å². The normalized spacial score (nSPS) is 10.2. The fourth-order valence-electron chi connectivity index (χ4n) is 1.99. The molecule has 1 aromatic carbocycles. The van der Waals surface area contributed by atoms with E-state index in [1.165, 1.54) is 32.3 Å². The van der Waals surface area contributed by atoms with E-state index in [1.807, 2.05) is 0 Å². The highest BCUT2D eigenvalue weighted by atomic mass is 16.5. The Labute approximate surface area is 128 Å². The Morgan fingerprint density at radius 3 is 2.27 bits per heavy atom. The summed E-state index contributed by atoms with van der Waals surface area (Å²) >= 11 is 0. The molecule has 1 N–H and O–H groups in total. The van der Waals surface area contributed by atoms with Crippen LogP contribution in [0.15, 0.2) is 18.5 Å². The summed E-state index contributed by atoms with van der Waals surface area (Å²) < 4.78 is 17.3. The van der Waals surface area contributed by atoms with Crippen LogP contribution in [0, 0.1) is 0 Å². The predicted molar refractivity (Wildman–Crippen MR) is 79.4 cm³/mol. The number of anilines is 1. The van der Waals surface area contributed by atoms with Crippen LogP contribution in [0.2, 0.25) is 0 Å². The van der Waals surface area contributed by atoms with Gasteiger partial charge in [0.25, 0.3) is 0 Å². The molecule has 0 saturated carbocycles. The van der Waals surface area contributed by atoms with Crippen LogP contribution in [0.5, 0.6) is 17.2 Å². The van der Waals surface area contributed by atoms with Gasteiger partial charge in [-0.15, -0.1) is 5.10 Å². The van der Waals surface area contributed by atoms with Gasteiger partial charge in [0.2, 0.25) is 17.6 Å². The van der Waals surface area contributed by atoms with E-state index in [-0.39, 0.29) is 18.3 Å². The minimum Gasteiger partial charge on any atom is -0.493 e. The van der Waals surface area contributed by atoms with E-state index in [4.69, 9.17) is 14.2 Å². The molecule has 0 bridgehead atoms. The summed E-state index contributed by atoms with van der Waals surface area (Å²) in [6.07, 6.45) is 1.64. The van der Waals surface area contributed by atoms with Gasteiger partial charge in [-0.25, -0.2) is 4.98 Å². The Morgan fingerprint density at radius 2 is 1.82 bits per heavy atom. The second kappa shape index (κ2) is 6.79. The number of carbonyl (C=O) groups excluding carboxylic acids is 1. The second-order valence-corrected chi connectivity index (χ2v) is 4.50. The summed E-state index contributed by atoms with van der Waals surface area (Å²) in [5.41, 5.74) is 0.725. The highest BCUT2D eigenvalue weighted by Gasteiger charge is 2.15. The maximum atomic E-state index is 12.0. The van der Waals surface area contributed by atoms with E-state index in [0.29, 0.717) is 17.2 Å². The topological polar surface area (TPSA) is 87.5 Å². The number of hydrogen-bond acceptors (Lipinski definition) is 6. The number of aryl methyl sites for hydroxylation is 1. The summed E-state index contributed by atoms with van der Waals surface area (Å²) in [6.45, 7) is 0. The van der Waals surface area contributed by atoms with Crippen LogP contribution in [0.25, 0.3) is 0 Å². The lowest BCUT2D eigenvalue weighted by Gasteiger charge is -2.13. The van der Waals surface area contributed by atoms with Crippen LogP contribution in [0.4, 0.5) is 5.95 Å². The largest absolute Gasteiger partial charge is 0.493 e. The molecule has 1 heterocycles. The van der Waals surface area contributed by atoms with Gasteiger partial charge >= 0.3 is 0 Å². The molecule has 0 saturated heterocycles. The van der Waals surface area contributed by atoms with Crippen molar-refractivity contribution in [2.45, 2.75) is 6.42 Å². The molecule has 0 unspecified atom stereocenters. The van der Waals surface area contributed by atoms with Crippen LogP contribution in [-0.2, 0) is 18.3 Å². The number of benzene rings is 1. The van der Waals surface area contributed by atoms with Crippen LogP contribution < -0.4 is 19.5 Å². The first-order chi connectivity index (χ1) is 10.6. The van der Waals surface area contributed by atoms with E-state index < -0.39 is 0 Å². The minimum absolute atomic E-state index is 0.134. The number of ether oxygens (including phenoxy) is 3. The summed E-state index contributed by atoms with van der Waals surface area (Å²) in [4.78, 5) is 16.0. The molecule has 0 radical (unpaired) electrons. The molecule has 2 rings (SSSR count). The average molecular weight is 306 g/mol. The van der Waals surface area contributed by atoms with Gasteiger partial charge in [-0.3, -0.25) is 14.8 Å². The Morgan fingerprint density at radius 1 is 1.18 bits per heavy atom. The van der Waals surface area contributed by atoms with Gasteiger partial charge in [0.1, 0.15) is 6.33 Å². The lowest BCUT2D eigenvalue weighted by Crippen LogP contribution is -2.15. The molecule has 0 spiro atoms. The highest BCUT2D eigenvalue weighted by Crippen LogP contribution is 2.38. The fraction of sp³-hybridized carbons (Fsp3) is 0.357. The quantitative estimate of drug-likeness (QED) is 0.857. The number of aromatic nitrogens is 3. The van der Waals surface area contributed by atoms with Gasteiger partial charge in [0.15, 0.2) is 11.5 Å². The molecule has 0 aliphatic rings. The molecule has 0 aliphatic heterocycles. The molecule has 2 aromatic rings. The van der Waals surface area contributed by atoms with Gasteiger partial charge < -0.3 is 14.2 Å². The van der Waals surface area contributed by atoms with Crippen LogP contribution in [-0.4, -0.2) is 42.0 Å². The highest BCUT2D eigenvalue weighted by molar-refractivity contribution is 5.90. The van der Waals surface area contributed by atoms with E-state index in [1.54, 1.807) is 19.2 Å². The molecule has 118 valence electrons. The third kappa shape index (κ3) is 3.46. The van der Waals surface area contributed by atoms with E-state index in [9.17, 15) is 4.79 Å². The van der Waals surface area contributed by atoms with Crippen molar-refractivity contribution >= 4 is 11.9 Å². The smallest absolute Gasteiger partial charge is 0.248 e. The number of hydrogen-bond donors (Lipinski definition) is 1. The van der Waals surface area contributed by atoms with Crippen molar-refractivity contribution in [3.8, 4) is 17.2 Å². The summed E-state index contributed by atoms with van der Waals surface area (Å²) in [5, 5.41) is 6.61. The molecule has 1 aromatic heterocycles. The molecule has 0 atom stereocenters. The SMILES string of the molecule is COc1cc(CC(=O)Nc2ncn(C)n2)cc(OC)c1OC. The number of rotatable bonds is 6. The van der Waals surface area contributed by atoms with Crippen LogP contribution in [0.3, 0.4) is 0 Å². The average Bonchev–Trinajstić information content (AvgIpc) is 2.90. The minimum atomic E-state index is -0.236. The van der Waals surface area contributed by atoms with Gasteiger partial charge in [-0.1, -0.05) is 0 Å². The second-order valence-electron chi connectivity index (χ2n) is 4.50. The molecule has 8 nitrogen and oxygen atoms in total. The van der Waals surface area contributed by atoms with Crippen molar-refractivity contribution in [3.63, 3.8) is 0 Å². The van der Waals surface area contributed by atoms with E-state index in [0.717, 1.165) is 5.56 Å². The third-order valence-electron chi connectivity index (χ3n) is 2.94. The van der Waals surface area contributed by atoms with E-state index in [2.05, 4.69) is 15.4 Å². The Balaban J connectivity index is 2.16. The molecule has 22 heavy (non-hydrogen) atoms. The Kier molecular flexibility index (Phi) is 4.82. The summed E-state index contributed by atoms with van der Waals surface area (Å²) in [7, 11) is 6.30. The van der Waals surface area contributed by atoms with Gasteiger partial charge in [0, 0.05) is 7.05 Å². The lowest BCUT2D eigenvalue weighted by atomic mass is 10.1. The molecular weight excluding hydrogens is 288 g/mol. The van der Waals surface area contributed by atoms with Crippen molar-refractivity contribution in [1.29, 1.82) is 0 Å². The van der Waals surface area contributed by atoms with Crippen molar-refractivity contribution < 1.29 is 19.0 Å². The first-order valence-electron chi connectivity index (χ1n) is 6.51. The number of nitrogens with zero attached hydrogens (tertiary/aromatic N) is 3. The third-order valence-corrected chi connectivity index (χ3v) is 2.94. The first kappa shape index (κ1) is 15.6. The molecule has 0 fully saturated rings. The zero-order valence-electron chi connectivity index (χ0n) is 12.9. The van der Waals surface area contributed by atoms with Crippen molar-refractivity contribution in [1.82, 2.24) is 14.8 Å². The lowest BCUT2D eigenvalue weighted by molar-refractivity contribution is -0.115. The van der Waals surface area contributed by atoms with Crippen molar-refractivity contribution in [2.24, 2.45) is 7.05 Å². The Hall–Kier alpha value is -2.77. The summed E-state index contributed by atoms with van der Waals surface area (Å²) in [5.74, 6) is 1.52. The first-order valence-corrected chi connectivity index (χ1v) is 6.51. The number of amides is 1. The van der Waals surface area contributed by atoms with Gasteiger partial charge in [-0.05, 0) is 17.7 Å². The maximum absolute atomic E-state index is 12.0. The number of methoxy groups -OCH3 is 3. The zero-order valence-corrected chi connectivity index (χ0v) is 12.9. The van der Waals surface area contributed by atoms with Crippen LogP contribution in [0.1, 0.15) is 5.56 Å². The zero-order chi connectivity index (χ0) is 16.1. The maximum Gasteiger partial charge on any atom is 0.248 e. The predicted octanol–water partition coefficient (Wildman–Crippen LogP) is 1.02. The molecule has 8 heteroatoms. The standard InChI is InChI=1S/C14H18N4O4/c1-18-8-15-14(17-18)16-12(19)7-9-5-10(20-2)13(22-4)11(6-9)21-3/h5-6,8H,7H2,1-4H3,(H,16,17,19). The summed E-state index contributed by atoms with van der Waals surface area (Å²) in [6, 6.07) is 3.46. The fourth-order valence-corrected chi connectivity index (χ4v) is 1.99. The van der Waals surface area contributed by atoms with E-state index >= 15 is 0 Å². The molecular formula is C14H18N4O4. The van der Waals surface area contributed by atoms with Crippen LogP contribution >= 0.6 is 0 Å². The number of carbonyl (C=O) groups is 1.